The summed E-state index contributed by atoms with van der Waals surface area (Å²) in [6, 6.07) is 11.1. The zero-order chi connectivity index (χ0) is 23.5. The number of rotatable bonds is 8. The van der Waals surface area contributed by atoms with Crippen molar-refractivity contribution in [3.63, 3.8) is 0 Å². The smallest absolute Gasteiger partial charge is 0.346 e. The van der Waals surface area contributed by atoms with E-state index in [0.717, 1.165) is 16.9 Å². The Kier molecular flexibility index (Phi) is 6.46. The summed E-state index contributed by atoms with van der Waals surface area (Å²) in [5, 5.41) is 12.7. The fourth-order valence-electron chi connectivity index (χ4n) is 3.90. The number of amides is 1. The summed E-state index contributed by atoms with van der Waals surface area (Å²) in [7, 11) is 0. The Bertz CT molecular complexity index is 1240. The number of hydrogen-bond acceptors (Lipinski definition) is 5. The van der Waals surface area contributed by atoms with Gasteiger partial charge in [-0.3, -0.25) is 4.79 Å². The zero-order valence-corrected chi connectivity index (χ0v) is 18.7. The van der Waals surface area contributed by atoms with Gasteiger partial charge >= 0.3 is 5.97 Å². The number of halogens is 1. The molecule has 1 aliphatic rings. The number of anilines is 1. The van der Waals surface area contributed by atoms with Crippen molar-refractivity contribution in [1.82, 2.24) is 0 Å². The van der Waals surface area contributed by atoms with Crippen LogP contribution in [-0.2, 0) is 4.79 Å². The second-order valence-corrected chi connectivity index (χ2v) is 8.46. The normalized spacial score (nSPS) is 14.8. The minimum atomic E-state index is -1.13. The molecule has 0 aliphatic carbocycles. The van der Waals surface area contributed by atoms with E-state index in [1.54, 1.807) is 18.2 Å². The molecule has 1 amide bonds. The van der Waals surface area contributed by atoms with Gasteiger partial charge in [-0.2, -0.15) is 0 Å². The van der Waals surface area contributed by atoms with Crippen LogP contribution >= 0.6 is 11.3 Å². The third-order valence-electron chi connectivity index (χ3n) is 5.24. The maximum Gasteiger partial charge on any atom is 0.346 e. The molecule has 0 saturated heterocycles. The van der Waals surface area contributed by atoms with Gasteiger partial charge < -0.3 is 19.9 Å². The van der Waals surface area contributed by atoms with Gasteiger partial charge in [-0.15, -0.1) is 11.3 Å². The molecule has 0 saturated carbocycles. The quantitative estimate of drug-likeness (QED) is 0.416. The molecule has 1 aliphatic heterocycles. The molecular weight excluding hydrogens is 445 g/mol. The van der Waals surface area contributed by atoms with Gasteiger partial charge in [0.1, 0.15) is 17.3 Å². The summed E-state index contributed by atoms with van der Waals surface area (Å²) in [6.45, 7) is 6.26. The van der Waals surface area contributed by atoms with Crippen LogP contribution in [0.5, 0.6) is 11.5 Å². The number of carbonyl (C=O) groups excluding carboxylic acids is 1. The van der Waals surface area contributed by atoms with E-state index < -0.39 is 11.8 Å². The van der Waals surface area contributed by atoms with E-state index in [4.69, 9.17) is 9.47 Å². The Balaban J connectivity index is 1.85. The molecule has 6 nitrogen and oxygen atoms in total. The number of carboxylic acids is 1. The van der Waals surface area contributed by atoms with Crippen molar-refractivity contribution in [3.05, 3.63) is 76.3 Å². The van der Waals surface area contributed by atoms with Crippen LogP contribution in [0.3, 0.4) is 0 Å². The number of nitrogens with one attached hydrogen (secondary N) is 1. The number of carbonyl (C=O) groups is 2. The number of benzene rings is 2. The van der Waals surface area contributed by atoms with Crippen LogP contribution in [0.25, 0.3) is 11.1 Å². The van der Waals surface area contributed by atoms with Crippen LogP contribution in [-0.4, -0.2) is 30.2 Å². The van der Waals surface area contributed by atoms with Gasteiger partial charge in [-0.05, 0) is 42.3 Å². The van der Waals surface area contributed by atoms with Gasteiger partial charge in [0.25, 0.3) is 0 Å². The van der Waals surface area contributed by atoms with Crippen LogP contribution in [0.15, 0.2) is 55.1 Å². The number of fused-ring (bicyclic) bond motifs is 1. The molecule has 0 spiro atoms. The van der Waals surface area contributed by atoms with Crippen molar-refractivity contribution in [3.8, 4) is 22.6 Å². The molecule has 0 radical (unpaired) electrons. The number of hydrogen-bond donors (Lipinski definition) is 2. The highest BCUT2D eigenvalue weighted by Crippen LogP contribution is 2.50. The average Bonchev–Trinajstić information content (AvgIpc) is 3.17. The number of carboxylic acid groups (broad SMARTS) is 1. The van der Waals surface area contributed by atoms with Gasteiger partial charge in [0.2, 0.25) is 5.91 Å². The molecule has 2 aromatic carbocycles. The first-order valence-corrected chi connectivity index (χ1v) is 11.2. The summed E-state index contributed by atoms with van der Waals surface area (Å²) in [6.07, 6.45) is 1.78. The molecular formula is C25H22FNO5S. The standard InChI is InChI=1S/C25H22FNO5S/c1-3-10-32-18-9-8-14(12-19(18)31-4-2)17-13-20(28)27-22-21(15-6-5-7-16(26)11-15)24(25(29)30)33-23(17)22/h3,5-9,11-12,17H,1,4,10,13H2,2H3,(H,27,28)(H,29,30)/t17-/m1/s1. The van der Waals surface area contributed by atoms with Crippen LogP contribution in [0, 0.1) is 5.82 Å². The highest BCUT2D eigenvalue weighted by atomic mass is 32.1. The number of aromatic carboxylic acids is 1. The lowest BCUT2D eigenvalue weighted by Crippen LogP contribution is -2.22. The van der Waals surface area contributed by atoms with Gasteiger partial charge in [0.05, 0.1) is 12.3 Å². The summed E-state index contributed by atoms with van der Waals surface area (Å²) in [4.78, 5) is 25.5. The lowest BCUT2D eigenvalue weighted by Gasteiger charge is -2.24. The van der Waals surface area contributed by atoms with Crippen LogP contribution in [0.2, 0.25) is 0 Å². The maximum absolute atomic E-state index is 13.9. The van der Waals surface area contributed by atoms with E-state index in [-0.39, 0.29) is 23.1 Å². The first-order valence-electron chi connectivity index (χ1n) is 10.4. The van der Waals surface area contributed by atoms with E-state index in [2.05, 4.69) is 11.9 Å². The van der Waals surface area contributed by atoms with Crippen LogP contribution < -0.4 is 14.8 Å². The molecule has 2 N–H and O–H groups in total. The summed E-state index contributed by atoms with van der Waals surface area (Å²) in [5.41, 5.74) is 1.92. The van der Waals surface area contributed by atoms with Crippen molar-refractivity contribution in [1.29, 1.82) is 0 Å². The molecule has 0 bridgehead atoms. The molecule has 3 aromatic rings. The molecule has 1 atom stereocenters. The predicted molar refractivity (Wildman–Crippen MR) is 125 cm³/mol. The topological polar surface area (TPSA) is 84.9 Å². The van der Waals surface area contributed by atoms with Crippen molar-refractivity contribution in [2.45, 2.75) is 19.3 Å². The molecule has 33 heavy (non-hydrogen) atoms. The third kappa shape index (κ3) is 4.47. The molecule has 170 valence electrons. The minimum absolute atomic E-state index is 0.0498. The monoisotopic (exact) mass is 467 g/mol. The van der Waals surface area contributed by atoms with E-state index in [0.29, 0.717) is 46.4 Å². The Morgan fingerprint density at radius 2 is 2.09 bits per heavy atom. The third-order valence-corrected chi connectivity index (χ3v) is 6.53. The van der Waals surface area contributed by atoms with Crippen molar-refractivity contribution in [2.24, 2.45) is 0 Å². The highest BCUT2D eigenvalue weighted by molar-refractivity contribution is 7.15. The molecule has 2 heterocycles. The number of ether oxygens (including phenoxy) is 2. The number of thiophene rings is 1. The molecule has 1 aromatic heterocycles. The van der Waals surface area contributed by atoms with Crippen molar-refractivity contribution < 1.29 is 28.6 Å². The predicted octanol–water partition coefficient (Wildman–Crippen LogP) is 5.69. The fourth-order valence-corrected chi connectivity index (χ4v) is 5.15. The largest absolute Gasteiger partial charge is 0.490 e. The summed E-state index contributed by atoms with van der Waals surface area (Å²) >= 11 is 1.09. The Labute approximate surface area is 194 Å². The summed E-state index contributed by atoms with van der Waals surface area (Å²) < 4.78 is 25.3. The van der Waals surface area contributed by atoms with Crippen molar-refractivity contribution in [2.75, 3.05) is 18.5 Å². The maximum atomic E-state index is 13.9. The molecule has 8 heteroatoms. The minimum Gasteiger partial charge on any atom is -0.490 e. The highest BCUT2D eigenvalue weighted by Gasteiger charge is 2.35. The summed E-state index contributed by atoms with van der Waals surface area (Å²) in [5.74, 6) is -1.16. The second kappa shape index (κ2) is 9.46. The van der Waals surface area contributed by atoms with Crippen LogP contribution in [0.1, 0.15) is 39.4 Å². The second-order valence-electron chi connectivity index (χ2n) is 7.40. The molecule has 0 unspecified atom stereocenters. The van der Waals surface area contributed by atoms with E-state index in [1.807, 2.05) is 19.1 Å². The van der Waals surface area contributed by atoms with Gasteiger partial charge in [-0.1, -0.05) is 30.9 Å². The Hall–Kier alpha value is -3.65. The van der Waals surface area contributed by atoms with E-state index >= 15 is 0 Å². The first-order chi connectivity index (χ1) is 15.9. The molecule has 4 rings (SSSR count). The van der Waals surface area contributed by atoms with Crippen LogP contribution in [0.4, 0.5) is 10.1 Å². The van der Waals surface area contributed by atoms with Crippen molar-refractivity contribution >= 4 is 28.9 Å². The van der Waals surface area contributed by atoms with E-state index in [9.17, 15) is 19.1 Å². The van der Waals surface area contributed by atoms with Gasteiger partial charge in [0.15, 0.2) is 11.5 Å². The lowest BCUT2D eigenvalue weighted by molar-refractivity contribution is -0.116. The van der Waals surface area contributed by atoms with Gasteiger partial charge in [-0.25, -0.2) is 9.18 Å². The molecule has 0 fully saturated rings. The fraction of sp³-hybridized carbons (Fsp3) is 0.200. The average molecular weight is 468 g/mol. The Morgan fingerprint density at radius 3 is 2.79 bits per heavy atom. The Morgan fingerprint density at radius 1 is 1.27 bits per heavy atom. The zero-order valence-electron chi connectivity index (χ0n) is 17.9. The first kappa shape index (κ1) is 22.5. The van der Waals surface area contributed by atoms with E-state index in [1.165, 1.54) is 18.2 Å². The van der Waals surface area contributed by atoms with Gasteiger partial charge in [0, 0.05) is 22.8 Å². The SMILES string of the molecule is C=CCOc1ccc([C@H]2CC(=O)Nc3c2sc(C(=O)O)c3-c2cccc(F)c2)cc1OCC. The lowest BCUT2D eigenvalue weighted by atomic mass is 9.88.